The summed E-state index contributed by atoms with van der Waals surface area (Å²) in [5.41, 5.74) is 1.06. The molecule has 0 fully saturated rings. The largest absolute Gasteiger partial charge is 0.496 e. The molecule has 0 aliphatic rings. The minimum absolute atomic E-state index is 0.496. The summed E-state index contributed by atoms with van der Waals surface area (Å²) in [6, 6.07) is 6.33. The van der Waals surface area contributed by atoms with Crippen LogP contribution in [0.2, 0.25) is 0 Å². The van der Waals surface area contributed by atoms with E-state index in [0.29, 0.717) is 5.88 Å². The number of hydrogen-bond acceptors (Lipinski definition) is 2. The van der Waals surface area contributed by atoms with E-state index in [1.54, 1.807) is 18.4 Å². The van der Waals surface area contributed by atoms with Crippen LogP contribution >= 0.6 is 22.9 Å². The van der Waals surface area contributed by atoms with Gasteiger partial charge in [0.25, 0.3) is 0 Å². The fourth-order valence-corrected chi connectivity index (χ4v) is 2.71. The highest BCUT2D eigenvalue weighted by molar-refractivity contribution is 7.19. The van der Waals surface area contributed by atoms with Gasteiger partial charge in [0.1, 0.15) is 5.75 Å². The molecule has 0 aliphatic heterocycles. The van der Waals surface area contributed by atoms with Crippen LogP contribution in [0.25, 0.3) is 10.1 Å². The predicted molar refractivity (Wildman–Crippen MR) is 62.7 cm³/mol. The van der Waals surface area contributed by atoms with Gasteiger partial charge in [-0.3, -0.25) is 0 Å². The fourth-order valence-electron chi connectivity index (χ4n) is 1.54. The van der Waals surface area contributed by atoms with E-state index in [1.807, 2.05) is 0 Å². The zero-order valence-electron chi connectivity index (χ0n) is 8.13. The van der Waals surface area contributed by atoms with Crippen LogP contribution in [0.3, 0.4) is 0 Å². The smallest absolute Gasteiger partial charge is 0.123 e. The van der Waals surface area contributed by atoms with E-state index in [1.165, 1.54) is 15.0 Å². The van der Waals surface area contributed by atoms with E-state index in [2.05, 4.69) is 25.1 Å². The number of thiophene rings is 1. The molecule has 74 valence electrons. The Bertz CT molecular complexity index is 421. The number of fused-ring (bicyclic) bond motifs is 1. The Morgan fingerprint density at radius 2 is 2.14 bits per heavy atom. The van der Waals surface area contributed by atoms with E-state index in [-0.39, 0.29) is 0 Å². The van der Waals surface area contributed by atoms with Gasteiger partial charge < -0.3 is 4.74 Å². The van der Waals surface area contributed by atoms with Crippen molar-refractivity contribution in [3.63, 3.8) is 0 Å². The number of halogens is 1. The Morgan fingerprint density at radius 3 is 2.79 bits per heavy atom. The summed E-state index contributed by atoms with van der Waals surface area (Å²) in [6.45, 7) is 2.11. The molecule has 0 bridgehead atoms. The van der Waals surface area contributed by atoms with Crippen molar-refractivity contribution in [1.82, 2.24) is 0 Å². The number of hydrogen-bond donors (Lipinski definition) is 0. The lowest BCUT2D eigenvalue weighted by Gasteiger charge is -2.05. The van der Waals surface area contributed by atoms with Crippen molar-refractivity contribution in [1.29, 1.82) is 0 Å². The molecule has 0 spiro atoms. The highest BCUT2D eigenvalue weighted by atomic mass is 35.5. The monoisotopic (exact) mass is 226 g/mol. The summed E-state index contributed by atoms with van der Waals surface area (Å²) >= 11 is 7.63. The average Bonchev–Trinajstić information content (AvgIpc) is 2.54. The van der Waals surface area contributed by atoms with Crippen LogP contribution in [0.1, 0.15) is 10.4 Å². The second-order valence-corrected chi connectivity index (χ2v) is 4.75. The van der Waals surface area contributed by atoms with Crippen LogP contribution in [0.15, 0.2) is 18.2 Å². The SMILES string of the molecule is COc1cc2cc(C)sc2cc1CCl. The van der Waals surface area contributed by atoms with Gasteiger partial charge in [0.2, 0.25) is 0 Å². The van der Waals surface area contributed by atoms with Gasteiger partial charge in [-0.2, -0.15) is 0 Å². The van der Waals surface area contributed by atoms with E-state index >= 15 is 0 Å². The van der Waals surface area contributed by atoms with E-state index in [9.17, 15) is 0 Å². The molecular formula is C11H11ClOS. The fraction of sp³-hybridized carbons (Fsp3) is 0.273. The third-order valence-electron chi connectivity index (χ3n) is 2.19. The lowest BCUT2D eigenvalue weighted by Crippen LogP contribution is -1.88. The molecule has 0 saturated heterocycles. The number of ether oxygens (including phenoxy) is 1. The molecule has 1 nitrogen and oxygen atoms in total. The first-order chi connectivity index (χ1) is 6.74. The lowest BCUT2D eigenvalue weighted by molar-refractivity contribution is 0.412. The van der Waals surface area contributed by atoms with Crippen LogP contribution in [-0.4, -0.2) is 7.11 Å². The molecule has 14 heavy (non-hydrogen) atoms. The van der Waals surface area contributed by atoms with E-state index in [4.69, 9.17) is 16.3 Å². The van der Waals surface area contributed by atoms with Crippen molar-refractivity contribution < 1.29 is 4.74 Å². The molecule has 0 N–H and O–H groups in total. The quantitative estimate of drug-likeness (QED) is 0.705. The van der Waals surface area contributed by atoms with Gasteiger partial charge in [-0.15, -0.1) is 22.9 Å². The second kappa shape index (κ2) is 3.79. The van der Waals surface area contributed by atoms with Crippen molar-refractivity contribution in [3.8, 4) is 5.75 Å². The van der Waals surface area contributed by atoms with Crippen molar-refractivity contribution in [2.75, 3.05) is 7.11 Å². The van der Waals surface area contributed by atoms with Crippen molar-refractivity contribution in [3.05, 3.63) is 28.6 Å². The standard InChI is InChI=1S/C11H11ClOS/c1-7-3-8-4-10(13-2)9(6-12)5-11(8)14-7/h3-5H,6H2,1-2H3. The number of benzene rings is 1. The summed E-state index contributed by atoms with van der Waals surface area (Å²) in [4.78, 5) is 1.31. The molecule has 0 atom stereocenters. The van der Waals surface area contributed by atoms with Crippen LogP contribution in [0, 0.1) is 6.92 Å². The molecule has 0 aliphatic carbocycles. The summed E-state index contributed by atoms with van der Waals surface area (Å²) < 4.78 is 6.55. The molecule has 3 heteroatoms. The third-order valence-corrected chi connectivity index (χ3v) is 3.49. The maximum atomic E-state index is 5.84. The van der Waals surface area contributed by atoms with Crippen molar-refractivity contribution >= 4 is 33.0 Å². The zero-order chi connectivity index (χ0) is 10.1. The normalized spacial score (nSPS) is 10.8. The van der Waals surface area contributed by atoms with Gasteiger partial charge >= 0.3 is 0 Å². The third kappa shape index (κ3) is 1.60. The first kappa shape index (κ1) is 9.81. The van der Waals surface area contributed by atoms with E-state index in [0.717, 1.165) is 11.3 Å². The Balaban J connectivity index is 2.68. The Kier molecular flexibility index (Phi) is 2.66. The molecular weight excluding hydrogens is 216 g/mol. The summed E-state index contributed by atoms with van der Waals surface area (Å²) in [6.07, 6.45) is 0. The molecule has 0 saturated carbocycles. The van der Waals surface area contributed by atoms with Crippen molar-refractivity contribution in [2.24, 2.45) is 0 Å². The molecule has 1 aromatic heterocycles. The maximum absolute atomic E-state index is 5.84. The van der Waals surface area contributed by atoms with E-state index < -0.39 is 0 Å². The number of methoxy groups -OCH3 is 1. The van der Waals surface area contributed by atoms with Crippen LogP contribution in [-0.2, 0) is 5.88 Å². The number of alkyl halides is 1. The minimum Gasteiger partial charge on any atom is -0.496 e. The second-order valence-electron chi connectivity index (χ2n) is 3.19. The topological polar surface area (TPSA) is 9.23 Å². The predicted octanol–water partition coefficient (Wildman–Crippen LogP) is 3.96. The molecule has 0 radical (unpaired) electrons. The highest BCUT2D eigenvalue weighted by Gasteiger charge is 2.06. The lowest BCUT2D eigenvalue weighted by atomic mass is 10.1. The molecule has 2 rings (SSSR count). The Labute approximate surface area is 92.3 Å². The van der Waals surface area contributed by atoms with Gasteiger partial charge in [-0.05, 0) is 30.5 Å². The summed E-state index contributed by atoms with van der Waals surface area (Å²) in [5.74, 6) is 1.38. The number of rotatable bonds is 2. The van der Waals surface area contributed by atoms with Crippen LogP contribution in [0.5, 0.6) is 5.75 Å². The molecule has 1 aromatic carbocycles. The molecule has 1 heterocycles. The van der Waals surface area contributed by atoms with Gasteiger partial charge in [0, 0.05) is 15.1 Å². The Morgan fingerprint density at radius 1 is 1.36 bits per heavy atom. The zero-order valence-corrected chi connectivity index (χ0v) is 9.71. The molecule has 0 unspecified atom stereocenters. The Hall–Kier alpha value is -0.730. The van der Waals surface area contributed by atoms with Gasteiger partial charge in [0.05, 0.1) is 13.0 Å². The average molecular weight is 227 g/mol. The summed E-state index contributed by atoms with van der Waals surface area (Å²) in [5, 5.41) is 1.23. The maximum Gasteiger partial charge on any atom is 0.123 e. The molecule has 2 aromatic rings. The molecule has 0 amide bonds. The number of aryl methyl sites for hydroxylation is 1. The van der Waals surface area contributed by atoms with Gasteiger partial charge in [0.15, 0.2) is 0 Å². The van der Waals surface area contributed by atoms with Gasteiger partial charge in [-0.25, -0.2) is 0 Å². The first-order valence-electron chi connectivity index (χ1n) is 4.37. The van der Waals surface area contributed by atoms with Crippen molar-refractivity contribution in [2.45, 2.75) is 12.8 Å². The minimum atomic E-state index is 0.496. The van der Waals surface area contributed by atoms with Gasteiger partial charge in [-0.1, -0.05) is 0 Å². The van der Waals surface area contributed by atoms with Crippen LogP contribution < -0.4 is 4.74 Å². The first-order valence-corrected chi connectivity index (χ1v) is 5.72. The van der Waals surface area contributed by atoms with Crippen LogP contribution in [0.4, 0.5) is 0 Å². The summed E-state index contributed by atoms with van der Waals surface area (Å²) in [7, 11) is 1.68. The highest BCUT2D eigenvalue weighted by Crippen LogP contribution is 2.32.